The highest BCUT2D eigenvalue weighted by atomic mass is 35.5. The van der Waals surface area contributed by atoms with Gasteiger partial charge in [-0.2, -0.15) is 0 Å². The zero-order valence-electron chi connectivity index (χ0n) is 18.3. The molecule has 33 heavy (non-hydrogen) atoms. The van der Waals surface area contributed by atoms with E-state index in [9.17, 15) is 4.79 Å². The minimum atomic E-state index is 0.0711. The largest absolute Gasteiger partial charge is 0.351 e. The van der Waals surface area contributed by atoms with E-state index >= 15 is 0 Å². The van der Waals surface area contributed by atoms with Crippen LogP contribution < -0.4 is 0 Å². The third kappa shape index (κ3) is 3.65. The van der Waals surface area contributed by atoms with E-state index in [2.05, 4.69) is 23.2 Å². The number of aromatic amines is 1. The Kier molecular flexibility index (Phi) is 5.03. The number of para-hydroxylation sites is 1. The number of halogens is 1. The molecule has 1 saturated heterocycles. The number of carbonyl (C=O) groups is 1. The number of amides is 1. The van der Waals surface area contributed by atoms with Crippen LogP contribution in [0, 0.1) is 0 Å². The topological polar surface area (TPSA) is 49.0 Å². The quantitative estimate of drug-likeness (QED) is 0.381. The molecule has 0 saturated carbocycles. The van der Waals surface area contributed by atoms with Crippen LogP contribution in [0.5, 0.6) is 0 Å². The number of aromatic nitrogens is 2. The van der Waals surface area contributed by atoms with Gasteiger partial charge >= 0.3 is 0 Å². The standard InChI is InChI=1S/C28H24ClN3O/c29-22-9-10-23-20(16-22)8-7-19-5-3-13-30-27(19)26(23)18-11-14-32(15-12-18)28(33)25-17-21-4-1-2-6-24(21)31-25/h1-6,9-10,13,16-17,31H,7-8,11-12,14-15H2. The van der Waals surface area contributed by atoms with E-state index in [1.54, 1.807) is 0 Å². The predicted octanol–water partition coefficient (Wildman–Crippen LogP) is 6.05. The van der Waals surface area contributed by atoms with Gasteiger partial charge in [0, 0.05) is 40.8 Å². The third-order valence-electron chi connectivity index (χ3n) is 6.90. The number of likely N-dealkylation sites (tertiary alicyclic amines) is 1. The Morgan fingerprint density at radius 3 is 2.58 bits per heavy atom. The van der Waals surface area contributed by atoms with Gasteiger partial charge in [0.15, 0.2) is 0 Å². The summed E-state index contributed by atoms with van der Waals surface area (Å²) in [5.41, 5.74) is 9.16. The maximum absolute atomic E-state index is 13.2. The van der Waals surface area contributed by atoms with Gasteiger partial charge in [0.2, 0.25) is 0 Å². The fraction of sp³-hybridized carbons (Fsp3) is 0.214. The fourth-order valence-electron chi connectivity index (χ4n) is 5.22. The van der Waals surface area contributed by atoms with Gasteiger partial charge in [-0.1, -0.05) is 47.5 Å². The number of aryl methyl sites for hydroxylation is 2. The molecule has 0 bridgehead atoms. The lowest BCUT2D eigenvalue weighted by molar-refractivity contribution is 0.0739. The van der Waals surface area contributed by atoms with Crippen LogP contribution >= 0.6 is 11.6 Å². The first-order valence-corrected chi connectivity index (χ1v) is 11.9. The van der Waals surface area contributed by atoms with Crippen molar-refractivity contribution < 1.29 is 4.79 Å². The van der Waals surface area contributed by atoms with E-state index in [-0.39, 0.29) is 5.91 Å². The molecule has 4 nitrogen and oxygen atoms in total. The lowest BCUT2D eigenvalue weighted by atomic mass is 9.88. The second kappa shape index (κ2) is 8.20. The summed E-state index contributed by atoms with van der Waals surface area (Å²) < 4.78 is 0. The molecule has 2 aromatic carbocycles. The molecular weight excluding hydrogens is 430 g/mol. The molecular formula is C28H24ClN3O. The average Bonchev–Trinajstić information content (AvgIpc) is 3.22. The van der Waals surface area contributed by atoms with E-state index < -0.39 is 0 Å². The molecule has 1 amide bonds. The van der Waals surface area contributed by atoms with Gasteiger partial charge in [0.05, 0.1) is 5.69 Å². The minimum absolute atomic E-state index is 0.0711. The van der Waals surface area contributed by atoms with Crippen molar-refractivity contribution in [1.82, 2.24) is 14.9 Å². The Hall–Kier alpha value is -3.37. The van der Waals surface area contributed by atoms with Crippen LogP contribution in [0.4, 0.5) is 0 Å². The van der Waals surface area contributed by atoms with Gasteiger partial charge in [-0.25, -0.2) is 0 Å². The Morgan fingerprint density at radius 1 is 0.909 bits per heavy atom. The molecule has 5 heteroatoms. The minimum Gasteiger partial charge on any atom is -0.351 e. The van der Waals surface area contributed by atoms with E-state index in [4.69, 9.17) is 16.6 Å². The van der Waals surface area contributed by atoms with Gasteiger partial charge in [-0.05, 0) is 72.7 Å². The molecule has 2 aliphatic rings. The van der Waals surface area contributed by atoms with Gasteiger partial charge in [-0.3, -0.25) is 9.78 Å². The Bertz CT molecular complexity index is 1370. The number of H-pyrrole nitrogens is 1. The predicted molar refractivity (Wildman–Crippen MR) is 133 cm³/mol. The van der Waals surface area contributed by atoms with Crippen molar-refractivity contribution in [2.75, 3.05) is 13.1 Å². The molecule has 164 valence electrons. The number of nitrogens with one attached hydrogen (secondary N) is 1. The number of hydrogen-bond acceptors (Lipinski definition) is 2. The number of carbonyl (C=O) groups excluding carboxylic acids is 1. The summed E-state index contributed by atoms with van der Waals surface area (Å²) in [6.45, 7) is 1.41. The zero-order valence-corrected chi connectivity index (χ0v) is 19.0. The van der Waals surface area contributed by atoms with Crippen molar-refractivity contribution in [2.24, 2.45) is 0 Å². The van der Waals surface area contributed by atoms with E-state index in [0.29, 0.717) is 18.8 Å². The monoisotopic (exact) mass is 453 g/mol. The Labute approximate surface area is 197 Å². The van der Waals surface area contributed by atoms with Crippen LogP contribution in [-0.2, 0) is 12.8 Å². The molecule has 0 spiro atoms. The molecule has 2 aromatic heterocycles. The van der Waals surface area contributed by atoms with Gasteiger partial charge in [0.1, 0.15) is 5.69 Å². The summed E-state index contributed by atoms with van der Waals surface area (Å²) in [6, 6.07) is 20.4. The average molecular weight is 454 g/mol. The number of hydrogen-bond donors (Lipinski definition) is 1. The highest BCUT2D eigenvalue weighted by Crippen LogP contribution is 2.38. The van der Waals surface area contributed by atoms with Crippen LogP contribution in [0.25, 0.3) is 16.5 Å². The molecule has 1 aliphatic carbocycles. The van der Waals surface area contributed by atoms with Crippen LogP contribution in [-0.4, -0.2) is 33.9 Å². The van der Waals surface area contributed by atoms with E-state index in [0.717, 1.165) is 47.3 Å². The SMILES string of the molecule is O=C(c1cc2ccccc2[nH]1)N1CCC(=C2c3ccc(Cl)cc3CCc3cccnc32)CC1. The molecule has 0 atom stereocenters. The number of rotatable bonds is 1. The van der Waals surface area contributed by atoms with Crippen LogP contribution in [0.3, 0.4) is 0 Å². The number of fused-ring (bicyclic) bond motifs is 3. The first kappa shape index (κ1) is 20.3. The fourth-order valence-corrected chi connectivity index (χ4v) is 5.42. The van der Waals surface area contributed by atoms with Gasteiger partial charge in [-0.15, -0.1) is 0 Å². The van der Waals surface area contributed by atoms with Crippen LogP contribution in [0.2, 0.25) is 5.02 Å². The summed E-state index contributed by atoms with van der Waals surface area (Å²) >= 11 is 6.34. The molecule has 1 N–H and O–H groups in total. The molecule has 6 rings (SSSR count). The zero-order chi connectivity index (χ0) is 22.4. The molecule has 0 unspecified atom stereocenters. The summed E-state index contributed by atoms with van der Waals surface area (Å²) in [5.74, 6) is 0.0711. The second-order valence-corrected chi connectivity index (χ2v) is 9.29. The Balaban J connectivity index is 1.34. The maximum atomic E-state index is 13.2. The molecule has 0 radical (unpaired) electrons. The third-order valence-corrected chi connectivity index (χ3v) is 7.13. The summed E-state index contributed by atoms with van der Waals surface area (Å²) in [6.07, 6.45) is 5.49. The summed E-state index contributed by atoms with van der Waals surface area (Å²) in [5, 5.41) is 1.84. The number of nitrogens with zero attached hydrogens (tertiary/aromatic N) is 2. The highest BCUT2D eigenvalue weighted by molar-refractivity contribution is 6.30. The first-order chi connectivity index (χ1) is 16.2. The van der Waals surface area contributed by atoms with Crippen molar-refractivity contribution >= 4 is 34.0 Å². The molecule has 1 fully saturated rings. The number of benzene rings is 2. The number of piperidine rings is 1. The molecule has 4 aromatic rings. The lowest BCUT2D eigenvalue weighted by Gasteiger charge is -2.30. The van der Waals surface area contributed by atoms with Crippen molar-refractivity contribution in [1.29, 1.82) is 0 Å². The van der Waals surface area contributed by atoms with Crippen LogP contribution in [0.1, 0.15) is 45.7 Å². The molecule has 1 aliphatic heterocycles. The molecule has 3 heterocycles. The summed E-state index contributed by atoms with van der Waals surface area (Å²) in [7, 11) is 0. The normalized spacial score (nSPS) is 15.8. The highest BCUT2D eigenvalue weighted by Gasteiger charge is 2.27. The van der Waals surface area contributed by atoms with Crippen molar-refractivity contribution in [3.63, 3.8) is 0 Å². The van der Waals surface area contributed by atoms with E-state index in [1.165, 1.54) is 27.8 Å². The van der Waals surface area contributed by atoms with E-state index in [1.807, 2.05) is 53.6 Å². The van der Waals surface area contributed by atoms with Gasteiger partial charge < -0.3 is 9.88 Å². The van der Waals surface area contributed by atoms with Crippen molar-refractivity contribution in [2.45, 2.75) is 25.7 Å². The second-order valence-electron chi connectivity index (χ2n) is 8.85. The Morgan fingerprint density at radius 2 is 1.73 bits per heavy atom. The van der Waals surface area contributed by atoms with Crippen molar-refractivity contribution in [3.8, 4) is 0 Å². The van der Waals surface area contributed by atoms with Gasteiger partial charge in [0.25, 0.3) is 5.91 Å². The van der Waals surface area contributed by atoms with Crippen molar-refractivity contribution in [3.05, 3.63) is 106 Å². The lowest BCUT2D eigenvalue weighted by Crippen LogP contribution is -2.36. The number of pyridine rings is 1. The summed E-state index contributed by atoms with van der Waals surface area (Å²) in [4.78, 5) is 23.2. The maximum Gasteiger partial charge on any atom is 0.270 e. The first-order valence-electron chi connectivity index (χ1n) is 11.5. The smallest absolute Gasteiger partial charge is 0.270 e. The van der Waals surface area contributed by atoms with Crippen LogP contribution in [0.15, 0.2) is 72.4 Å².